The highest BCUT2D eigenvalue weighted by atomic mass is 16.5. The average molecular weight is 234 g/mol. The van der Waals surface area contributed by atoms with Gasteiger partial charge in [-0.05, 0) is 49.6 Å². The van der Waals surface area contributed by atoms with Crippen LogP contribution in [0.15, 0.2) is 18.2 Å². The molecule has 0 spiro atoms. The molecule has 0 saturated heterocycles. The average Bonchev–Trinajstić information content (AvgIpc) is 2.29. The Morgan fingerprint density at radius 3 is 2.65 bits per heavy atom. The van der Waals surface area contributed by atoms with Gasteiger partial charge >= 0.3 is 5.97 Å². The van der Waals surface area contributed by atoms with Crippen LogP contribution in [-0.4, -0.2) is 19.7 Å². The van der Waals surface area contributed by atoms with Crippen molar-refractivity contribution in [2.75, 3.05) is 13.7 Å². The molecule has 0 atom stereocenters. The molecule has 17 heavy (non-hydrogen) atoms. The Balaban J connectivity index is 3.01. The number of aryl methyl sites for hydroxylation is 1. The quantitative estimate of drug-likeness (QED) is 0.593. The van der Waals surface area contributed by atoms with Crippen LogP contribution in [-0.2, 0) is 9.53 Å². The molecule has 3 heteroatoms. The lowest BCUT2D eigenvalue weighted by Crippen LogP contribution is -1.99. The van der Waals surface area contributed by atoms with Crippen molar-refractivity contribution in [1.29, 1.82) is 0 Å². The smallest absolute Gasteiger partial charge is 0.330 e. The second kappa shape index (κ2) is 6.09. The zero-order chi connectivity index (χ0) is 12.8. The summed E-state index contributed by atoms with van der Waals surface area (Å²) in [5.74, 6) is 0.494. The first-order chi connectivity index (χ1) is 8.10. The van der Waals surface area contributed by atoms with E-state index in [-0.39, 0.29) is 5.97 Å². The third-order valence-corrected chi connectivity index (χ3v) is 2.58. The van der Waals surface area contributed by atoms with Crippen molar-refractivity contribution < 1.29 is 14.3 Å². The second-order valence-electron chi connectivity index (χ2n) is 3.71. The first kappa shape index (κ1) is 13.3. The molecule has 1 aromatic carbocycles. The summed E-state index contributed by atoms with van der Waals surface area (Å²) in [6, 6.07) is 3.89. The van der Waals surface area contributed by atoms with E-state index in [9.17, 15) is 4.79 Å². The monoisotopic (exact) mass is 234 g/mol. The number of rotatable bonds is 4. The van der Waals surface area contributed by atoms with Crippen LogP contribution in [0.2, 0.25) is 0 Å². The summed E-state index contributed by atoms with van der Waals surface area (Å²) in [4.78, 5) is 11.3. The van der Waals surface area contributed by atoms with Crippen molar-refractivity contribution in [2.45, 2.75) is 20.8 Å². The lowest BCUT2D eigenvalue weighted by atomic mass is 10.0. The molecule has 0 fully saturated rings. The van der Waals surface area contributed by atoms with E-state index < -0.39 is 0 Å². The highest BCUT2D eigenvalue weighted by Gasteiger charge is 2.05. The van der Waals surface area contributed by atoms with Crippen LogP contribution < -0.4 is 4.74 Å². The lowest BCUT2D eigenvalue weighted by molar-refractivity contribution is -0.137. The van der Waals surface area contributed by atoms with Crippen LogP contribution in [0.5, 0.6) is 5.75 Å². The molecule has 0 bridgehead atoms. The number of hydrogen-bond acceptors (Lipinski definition) is 3. The van der Waals surface area contributed by atoms with Crippen LogP contribution in [0.4, 0.5) is 0 Å². The van der Waals surface area contributed by atoms with Crippen molar-refractivity contribution in [1.82, 2.24) is 0 Å². The molecule has 92 valence electrons. The molecule has 0 amide bonds. The van der Waals surface area contributed by atoms with Gasteiger partial charge < -0.3 is 9.47 Å². The van der Waals surface area contributed by atoms with Crippen LogP contribution in [0, 0.1) is 13.8 Å². The topological polar surface area (TPSA) is 35.5 Å². The maximum Gasteiger partial charge on any atom is 0.330 e. The molecule has 0 aliphatic heterocycles. The largest absolute Gasteiger partial charge is 0.496 e. The van der Waals surface area contributed by atoms with E-state index in [0.717, 1.165) is 22.4 Å². The van der Waals surface area contributed by atoms with Crippen molar-refractivity contribution in [3.8, 4) is 5.75 Å². The van der Waals surface area contributed by atoms with Gasteiger partial charge in [-0.1, -0.05) is 6.07 Å². The molecule has 0 saturated carbocycles. The Morgan fingerprint density at radius 1 is 1.35 bits per heavy atom. The maximum absolute atomic E-state index is 11.3. The summed E-state index contributed by atoms with van der Waals surface area (Å²) in [5.41, 5.74) is 3.12. The standard InChI is InChI=1S/C14H18O3/c1-5-17-14(15)9-7-12-10(2)6-8-13(16-4)11(12)3/h6-9H,5H2,1-4H3/b9-7+. The van der Waals surface area contributed by atoms with Gasteiger partial charge in [0.2, 0.25) is 0 Å². The fourth-order valence-corrected chi connectivity index (χ4v) is 1.66. The van der Waals surface area contributed by atoms with E-state index in [1.54, 1.807) is 20.1 Å². The highest BCUT2D eigenvalue weighted by Crippen LogP contribution is 2.25. The Labute approximate surface area is 102 Å². The van der Waals surface area contributed by atoms with Crippen LogP contribution in [0.3, 0.4) is 0 Å². The third kappa shape index (κ3) is 3.34. The van der Waals surface area contributed by atoms with E-state index in [0.29, 0.717) is 6.61 Å². The number of esters is 1. The number of carbonyl (C=O) groups excluding carboxylic acids is 1. The van der Waals surface area contributed by atoms with Gasteiger partial charge in [-0.25, -0.2) is 4.79 Å². The molecular weight excluding hydrogens is 216 g/mol. The molecule has 0 unspecified atom stereocenters. The Hall–Kier alpha value is -1.77. The minimum absolute atomic E-state index is 0.325. The van der Waals surface area contributed by atoms with Gasteiger partial charge in [-0.2, -0.15) is 0 Å². The molecule has 3 nitrogen and oxygen atoms in total. The number of benzene rings is 1. The van der Waals surface area contributed by atoms with Gasteiger partial charge in [0.05, 0.1) is 13.7 Å². The fourth-order valence-electron chi connectivity index (χ4n) is 1.66. The number of carbonyl (C=O) groups is 1. The molecule has 0 aliphatic rings. The molecule has 1 aromatic rings. The van der Waals surface area contributed by atoms with Crippen LogP contribution in [0.1, 0.15) is 23.6 Å². The Kier molecular flexibility index (Phi) is 4.76. The third-order valence-electron chi connectivity index (χ3n) is 2.58. The first-order valence-electron chi connectivity index (χ1n) is 5.59. The molecular formula is C14H18O3. The second-order valence-corrected chi connectivity index (χ2v) is 3.71. The van der Waals surface area contributed by atoms with Crippen molar-refractivity contribution in [3.05, 3.63) is 34.9 Å². The molecule has 0 heterocycles. The summed E-state index contributed by atoms with van der Waals surface area (Å²) in [7, 11) is 1.64. The molecule has 0 N–H and O–H groups in total. The van der Waals surface area contributed by atoms with Gasteiger partial charge in [0.15, 0.2) is 0 Å². The van der Waals surface area contributed by atoms with Crippen molar-refractivity contribution in [3.63, 3.8) is 0 Å². The van der Waals surface area contributed by atoms with E-state index in [1.807, 2.05) is 26.0 Å². The minimum atomic E-state index is -0.325. The first-order valence-corrected chi connectivity index (χ1v) is 5.59. The lowest BCUT2D eigenvalue weighted by Gasteiger charge is -2.10. The van der Waals surface area contributed by atoms with Gasteiger partial charge in [0.25, 0.3) is 0 Å². The van der Waals surface area contributed by atoms with Crippen LogP contribution in [0.25, 0.3) is 6.08 Å². The predicted octanol–water partition coefficient (Wildman–Crippen LogP) is 2.89. The predicted molar refractivity (Wildman–Crippen MR) is 68.1 cm³/mol. The van der Waals surface area contributed by atoms with Gasteiger partial charge in [-0.3, -0.25) is 0 Å². The molecule has 0 radical (unpaired) electrons. The van der Waals surface area contributed by atoms with Gasteiger partial charge in [-0.15, -0.1) is 0 Å². The zero-order valence-electron chi connectivity index (χ0n) is 10.7. The number of methoxy groups -OCH3 is 1. The minimum Gasteiger partial charge on any atom is -0.496 e. The van der Waals surface area contributed by atoms with E-state index >= 15 is 0 Å². The Morgan fingerprint density at radius 2 is 2.06 bits per heavy atom. The number of hydrogen-bond donors (Lipinski definition) is 0. The highest BCUT2D eigenvalue weighted by molar-refractivity contribution is 5.87. The van der Waals surface area contributed by atoms with Gasteiger partial charge in [0, 0.05) is 6.08 Å². The SMILES string of the molecule is CCOC(=O)/C=C/c1c(C)ccc(OC)c1C. The summed E-state index contributed by atoms with van der Waals surface area (Å²) in [5, 5.41) is 0. The fraction of sp³-hybridized carbons (Fsp3) is 0.357. The van der Waals surface area contributed by atoms with E-state index in [4.69, 9.17) is 9.47 Å². The van der Waals surface area contributed by atoms with Crippen LogP contribution >= 0.6 is 0 Å². The molecule has 1 rings (SSSR count). The summed E-state index contributed by atoms with van der Waals surface area (Å²) in [6.45, 7) is 6.14. The molecule has 0 aliphatic carbocycles. The zero-order valence-corrected chi connectivity index (χ0v) is 10.7. The maximum atomic E-state index is 11.3. The van der Waals surface area contributed by atoms with Gasteiger partial charge in [0.1, 0.15) is 5.75 Å². The van der Waals surface area contributed by atoms with E-state index in [1.165, 1.54) is 6.08 Å². The molecule has 0 aromatic heterocycles. The summed E-state index contributed by atoms with van der Waals surface area (Å²) < 4.78 is 10.1. The van der Waals surface area contributed by atoms with Crippen molar-refractivity contribution >= 4 is 12.0 Å². The Bertz CT molecular complexity index is 433. The number of ether oxygens (including phenoxy) is 2. The van der Waals surface area contributed by atoms with Crippen molar-refractivity contribution in [2.24, 2.45) is 0 Å². The van der Waals surface area contributed by atoms with E-state index in [2.05, 4.69) is 0 Å². The summed E-state index contributed by atoms with van der Waals surface area (Å²) in [6.07, 6.45) is 3.21. The normalized spacial score (nSPS) is 10.6. The summed E-state index contributed by atoms with van der Waals surface area (Å²) >= 11 is 0.